The number of rotatable bonds is 6. The van der Waals surface area contributed by atoms with Crippen LogP contribution in [0.1, 0.15) is 13.8 Å². The number of anilines is 1. The van der Waals surface area contributed by atoms with Crippen molar-refractivity contribution < 1.29 is 9.59 Å². The highest BCUT2D eigenvalue weighted by molar-refractivity contribution is 7.19. The van der Waals surface area contributed by atoms with Gasteiger partial charge >= 0.3 is 0 Å². The minimum Gasteiger partial charge on any atom is -0.346 e. The number of nitrogens with two attached hydrogens (primary N) is 1. The molecule has 0 aliphatic heterocycles. The van der Waals surface area contributed by atoms with E-state index in [1.807, 2.05) is 44.2 Å². The monoisotopic (exact) mass is 332 g/mol. The molecule has 1 atom stereocenters. The Morgan fingerprint density at radius 2 is 1.96 bits per heavy atom. The first-order chi connectivity index (χ1) is 11.0. The van der Waals surface area contributed by atoms with Crippen LogP contribution in [-0.4, -0.2) is 29.4 Å². The van der Waals surface area contributed by atoms with E-state index in [1.165, 1.54) is 11.3 Å². The molecule has 0 unspecified atom stereocenters. The van der Waals surface area contributed by atoms with Gasteiger partial charge in [-0.15, -0.1) is 0 Å². The Bertz CT molecular complexity index is 670. The van der Waals surface area contributed by atoms with Crippen molar-refractivity contribution in [3.8, 4) is 10.4 Å². The van der Waals surface area contributed by atoms with E-state index in [4.69, 9.17) is 5.73 Å². The fraction of sp³-hybridized carbons (Fsp3) is 0.312. The molecule has 7 heteroatoms. The molecule has 2 amide bonds. The molecule has 0 aliphatic carbocycles. The molecule has 0 bridgehead atoms. The number of nitrogens with one attached hydrogen (secondary N) is 2. The quantitative estimate of drug-likeness (QED) is 0.752. The topological polar surface area (TPSA) is 97.1 Å². The highest BCUT2D eigenvalue weighted by Crippen LogP contribution is 2.28. The average molecular weight is 332 g/mol. The first-order valence-corrected chi connectivity index (χ1v) is 8.13. The predicted octanol–water partition coefficient (Wildman–Crippen LogP) is 1.85. The number of hydrogen-bond acceptors (Lipinski definition) is 5. The van der Waals surface area contributed by atoms with Gasteiger partial charge in [0.05, 0.1) is 17.5 Å². The van der Waals surface area contributed by atoms with Crippen molar-refractivity contribution in [2.75, 3.05) is 11.9 Å². The van der Waals surface area contributed by atoms with Crippen LogP contribution in [0.5, 0.6) is 0 Å². The molecule has 0 spiro atoms. The fourth-order valence-electron chi connectivity index (χ4n) is 1.82. The SMILES string of the molecule is CC(C)[C@H](N)C(=O)NCC(=O)Nc1ncc(-c2ccccc2)s1. The van der Waals surface area contributed by atoms with Gasteiger partial charge in [-0.25, -0.2) is 4.98 Å². The van der Waals surface area contributed by atoms with E-state index < -0.39 is 6.04 Å². The van der Waals surface area contributed by atoms with Crippen molar-refractivity contribution in [1.82, 2.24) is 10.3 Å². The number of benzene rings is 1. The van der Waals surface area contributed by atoms with Crippen LogP contribution in [0.4, 0.5) is 5.13 Å². The summed E-state index contributed by atoms with van der Waals surface area (Å²) in [6, 6.07) is 9.17. The van der Waals surface area contributed by atoms with Gasteiger partial charge in [0.25, 0.3) is 0 Å². The second kappa shape index (κ2) is 7.85. The molecular weight excluding hydrogens is 312 g/mol. The normalized spacial score (nSPS) is 12.0. The first kappa shape index (κ1) is 17.1. The maximum absolute atomic E-state index is 11.9. The summed E-state index contributed by atoms with van der Waals surface area (Å²) in [6.07, 6.45) is 1.71. The number of hydrogen-bond donors (Lipinski definition) is 3. The van der Waals surface area contributed by atoms with Crippen LogP contribution in [0.3, 0.4) is 0 Å². The molecule has 0 radical (unpaired) electrons. The summed E-state index contributed by atoms with van der Waals surface area (Å²) < 4.78 is 0. The zero-order valence-corrected chi connectivity index (χ0v) is 13.9. The lowest BCUT2D eigenvalue weighted by Crippen LogP contribution is -2.46. The summed E-state index contributed by atoms with van der Waals surface area (Å²) >= 11 is 1.38. The summed E-state index contributed by atoms with van der Waals surface area (Å²) in [5.41, 5.74) is 6.76. The number of carbonyl (C=O) groups is 2. The number of thiazole rings is 1. The van der Waals surface area contributed by atoms with Gasteiger partial charge in [0.1, 0.15) is 0 Å². The van der Waals surface area contributed by atoms with Gasteiger partial charge in [-0.2, -0.15) is 0 Å². The van der Waals surface area contributed by atoms with Gasteiger partial charge in [-0.3, -0.25) is 9.59 Å². The molecule has 2 rings (SSSR count). The van der Waals surface area contributed by atoms with E-state index in [0.717, 1.165) is 10.4 Å². The van der Waals surface area contributed by atoms with Gasteiger partial charge in [-0.1, -0.05) is 55.5 Å². The summed E-state index contributed by atoms with van der Waals surface area (Å²) in [4.78, 5) is 28.7. The van der Waals surface area contributed by atoms with Crippen molar-refractivity contribution in [1.29, 1.82) is 0 Å². The summed E-state index contributed by atoms with van der Waals surface area (Å²) in [6.45, 7) is 3.58. The summed E-state index contributed by atoms with van der Waals surface area (Å²) in [5, 5.41) is 5.69. The Morgan fingerprint density at radius 1 is 1.26 bits per heavy atom. The number of nitrogens with zero attached hydrogens (tertiary/aromatic N) is 1. The van der Waals surface area contributed by atoms with Gasteiger partial charge in [0.15, 0.2) is 5.13 Å². The third kappa shape index (κ3) is 4.87. The Balaban J connectivity index is 1.87. The maximum atomic E-state index is 11.9. The van der Waals surface area contributed by atoms with Crippen LogP contribution in [0.25, 0.3) is 10.4 Å². The van der Waals surface area contributed by atoms with Crippen molar-refractivity contribution in [3.63, 3.8) is 0 Å². The lowest BCUT2D eigenvalue weighted by molar-refractivity contribution is -0.125. The maximum Gasteiger partial charge on any atom is 0.245 e. The Kier molecular flexibility index (Phi) is 5.84. The molecule has 4 N–H and O–H groups in total. The van der Waals surface area contributed by atoms with Gasteiger partial charge in [0, 0.05) is 6.20 Å². The van der Waals surface area contributed by atoms with E-state index in [1.54, 1.807) is 6.20 Å². The Hall–Kier alpha value is -2.25. The van der Waals surface area contributed by atoms with E-state index in [0.29, 0.717) is 5.13 Å². The summed E-state index contributed by atoms with van der Waals surface area (Å²) in [7, 11) is 0. The molecule has 1 heterocycles. The van der Waals surface area contributed by atoms with E-state index in [9.17, 15) is 9.59 Å². The van der Waals surface area contributed by atoms with Crippen LogP contribution in [0, 0.1) is 5.92 Å². The zero-order valence-electron chi connectivity index (χ0n) is 13.1. The van der Waals surface area contributed by atoms with Gasteiger partial charge in [0.2, 0.25) is 11.8 Å². The highest BCUT2D eigenvalue weighted by Gasteiger charge is 2.17. The second-order valence-electron chi connectivity index (χ2n) is 5.43. The Labute approximate surface area is 139 Å². The molecule has 122 valence electrons. The third-order valence-electron chi connectivity index (χ3n) is 3.25. The molecule has 1 aromatic heterocycles. The standard InChI is InChI=1S/C16H20N4O2S/c1-10(2)14(17)15(22)18-9-13(21)20-16-19-8-12(23-16)11-6-4-3-5-7-11/h3-8,10,14H,9,17H2,1-2H3,(H,18,22)(H,19,20,21)/t14-/m0/s1. The molecule has 1 aromatic carbocycles. The minimum atomic E-state index is -0.618. The Morgan fingerprint density at radius 3 is 2.61 bits per heavy atom. The second-order valence-corrected chi connectivity index (χ2v) is 6.46. The van der Waals surface area contributed by atoms with Crippen LogP contribution in [0.2, 0.25) is 0 Å². The smallest absolute Gasteiger partial charge is 0.245 e. The van der Waals surface area contributed by atoms with E-state index in [2.05, 4.69) is 15.6 Å². The molecule has 6 nitrogen and oxygen atoms in total. The number of carbonyl (C=O) groups excluding carboxylic acids is 2. The minimum absolute atomic E-state index is 0.0189. The molecule has 0 fully saturated rings. The number of amides is 2. The van der Waals surface area contributed by atoms with E-state index >= 15 is 0 Å². The van der Waals surface area contributed by atoms with E-state index in [-0.39, 0.29) is 24.3 Å². The van der Waals surface area contributed by atoms with Gasteiger partial charge < -0.3 is 16.4 Å². The van der Waals surface area contributed by atoms with Crippen molar-refractivity contribution in [3.05, 3.63) is 36.5 Å². The molecule has 0 aliphatic rings. The molecule has 2 aromatic rings. The number of aromatic nitrogens is 1. The van der Waals surface area contributed by atoms with Crippen LogP contribution in [0.15, 0.2) is 36.5 Å². The first-order valence-electron chi connectivity index (χ1n) is 7.31. The van der Waals surface area contributed by atoms with Crippen molar-refractivity contribution in [2.45, 2.75) is 19.9 Å². The van der Waals surface area contributed by atoms with Crippen molar-refractivity contribution >= 4 is 28.3 Å². The van der Waals surface area contributed by atoms with Crippen LogP contribution >= 0.6 is 11.3 Å². The largest absolute Gasteiger partial charge is 0.346 e. The summed E-state index contributed by atoms with van der Waals surface area (Å²) in [5.74, 6) is -0.645. The lowest BCUT2D eigenvalue weighted by atomic mass is 10.1. The van der Waals surface area contributed by atoms with Crippen molar-refractivity contribution in [2.24, 2.45) is 11.7 Å². The average Bonchev–Trinajstić information content (AvgIpc) is 3.01. The molecular formula is C16H20N4O2S. The molecule has 23 heavy (non-hydrogen) atoms. The molecule has 0 saturated carbocycles. The fourth-order valence-corrected chi connectivity index (χ4v) is 2.66. The predicted molar refractivity (Wildman–Crippen MR) is 92.0 cm³/mol. The highest BCUT2D eigenvalue weighted by atomic mass is 32.1. The molecule has 0 saturated heterocycles. The van der Waals surface area contributed by atoms with Crippen LogP contribution < -0.4 is 16.4 Å². The van der Waals surface area contributed by atoms with Crippen LogP contribution in [-0.2, 0) is 9.59 Å². The third-order valence-corrected chi connectivity index (χ3v) is 4.22. The van der Waals surface area contributed by atoms with Gasteiger partial charge in [-0.05, 0) is 11.5 Å². The lowest BCUT2D eigenvalue weighted by Gasteiger charge is -2.14. The zero-order chi connectivity index (χ0) is 16.8.